The molecule has 0 aromatic carbocycles. The molecule has 78 valence electrons. The van der Waals surface area contributed by atoms with E-state index in [9.17, 15) is 4.79 Å². The Balaban J connectivity index is 2.56. The average Bonchev–Trinajstić information content (AvgIpc) is 2.60. The maximum absolute atomic E-state index is 11.6. The molecule has 0 unspecified atom stereocenters. The summed E-state index contributed by atoms with van der Waals surface area (Å²) in [5.41, 5.74) is 5.77. The van der Waals surface area contributed by atoms with E-state index in [0.717, 1.165) is 0 Å². The zero-order valence-electron chi connectivity index (χ0n) is 8.28. The van der Waals surface area contributed by atoms with Crippen molar-refractivity contribution >= 4 is 11.7 Å². The van der Waals surface area contributed by atoms with E-state index in [1.807, 2.05) is 0 Å². The number of likely N-dealkylation sites (N-methyl/N-ethyl adjacent to an activating group) is 1. The molecule has 0 aliphatic rings. The number of carbonyl (C=O) groups excluding carboxylic acids is 1. The smallest absolute Gasteiger partial charge is 0.271 e. The molecule has 0 aliphatic carbocycles. The number of nitrogens with zero attached hydrogens (tertiary/aromatic N) is 2. The van der Waals surface area contributed by atoms with E-state index in [0.29, 0.717) is 24.7 Å². The Hall–Kier alpha value is -1.56. The average molecular weight is 198 g/mol. The molecule has 14 heavy (non-hydrogen) atoms. The van der Waals surface area contributed by atoms with Crippen LogP contribution >= 0.6 is 0 Å². The fourth-order valence-electron chi connectivity index (χ4n) is 0.982. The molecule has 0 aliphatic heterocycles. The lowest BCUT2D eigenvalue weighted by molar-refractivity contribution is 0.0738. The monoisotopic (exact) mass is 198 g/mol. The van der Waals surface area contributed by atoms with Crippen LogP contribution in [0.3, 0.4) is 0 Å². The van der Waals surface area contributed by atoms with Gasteiger partial charge in [0.25, 0.3) is 5.91 Å². The van der Waals surface area contributed by atoms with Gasteiger partial charge in [0.05, 0.1) is 6.61 Å². The van der Waals surface area contributed by atoms with Gasteiger partial charge in [-0.15, -0.1) is 0 Å². The van der Waals surface area contributed by atoms with Crippen LogP contribution < -0.4 is 5.73 Å². The van der Waals surface area contributed by atoms with Gasteiger partial charge < -0.3 is 15.4 Å². The number of nitrogens with two attached hydrogens (primary N) is 1. The Bertz CT molecular complexity index is 310. The lowest BCUT2D eigenvalue weighted by Crippen LogP contribution is -2.30. The van der Waals surface area contributed by atoms with Crippen molar-refractivity contribution < 1.29 is 9.53 Å². The van der Waals surface area contributed by atoms with Crippen molar-refractivity contribution in [3.63, 3.8) is 0 Å². The number of hydrogen-bond acceptors (Lipinski definition) is 4. The number of carbonyl (C=O) groups is 1. The lowest BCUT2D eigenvalue weighted by atomic mass is 10.3. The van der Waals surface area contributed by atoms with Gasteiger partial charge in [0.2, 0.25) is 0 Å². The van der Waals surface area contributed by atoms with Crippen LogP contribution in [0, 0.1) is 0 Å². The zero-order valence-corrected chi connectivity index (χ0v) is 8.28. The first kappa shape index (κ1) is 10.5. The first-order chi connectivity index (χ1) is 6.65. The van der Waals surface area contributed by atoms with Crippen molar-refractivity contribution in [3.05, 3.63) is 11.8 Å². The highest BCUT2D eigenvalue weighted by Crippen LogP contribution is 2.03. The third kappa shape index (κ3) is 2.46. The molecule has 1 heterocycles. The minimum Gasteiger partial charge on any atom is -0.383 e. The van der Waals surface area contributed by atoms with Crippen LogP contribution in [0.2, 0.25) is 0 Å². The number of ether oxygens (including phenoxy) is 1. The summed E-state index contributed by atoms with van der Waals surface area (Å²) in [5.74, 6) is 0.166. The number of hydrogen-bond donors (Lipinski definition) is 2. The van der Waals surface area contributed by atoms with Crippen LogP contribution in [0.25, 0.3) is 0 Å². The second kappa shape index (κ2) is 4.61. The number of H-pyrrole nitrogens is 1. The van der Waals surface area contributed by atoms with Gasteiger partial charge >= 0.3 is 0 Å². The lowest BCUT2D eigenvalue weighted by Gasteiger charge is -2.14. The molecule has 0 bridgehead atoms. The highest BCUT2D eigenvalue weighted by atomic mass is 16.5. The van der Waals surface area contributed by atoms with Crippen molar-refractivity contribution in [2.45, 2.75) is 0 Å². The predicted molar refractivity (Wildman–Crippen MR) is 51.8 cm³/mol. The van der Waals surface area contributed by atoms with E-state index < -0.39 is 0 Å². The molecule has 0 atom stereocenters. The molecule has 6 nitrogen and oxygen atoms in total. The molecule has 1 rings (SSSR count). The quantitative estimate of drug-likeness (QED) is 0.696. The number of methoxy groups -OCH3 is 1. The summed E-state index contributed by atoms with van der Waals surface area (Å²) >= 11 is 0. The Morgan fingerprint density at radius 2 is 2.50 bits per heavy atom. The first-order valence-electron chi connectivity index (χ1n) is 4.20. The fourth-order valence-corrected chi connectivity index (χ4v) is 0.982. The minimum atomic E-state index is -0.147. The Kier molecular flexibility index (Phi) is 3.47. The zero-order chi connectivity index (χ0) is 10.6. The molecule has 0 fully saturated rings. The van der Waals surface area contributed by atoms with Gasteiger partial charge in [-0.25, -0.2) is 0 Å². The van der Waals surface area contributed by atoms with E-state index in [2.05, 4.69) is 10.2 Å². The minimum absolute atomic E-state index is 0.147. The molecule has 0 spiro atoms. The molecular weight excluding hydrogens is 184 g/mol. The third-order valence-electron chi connectivity index (χ3n) is 1.81. The standard InChI is InChI=1S/C8H14N4O2/c1-12(3-4-14-2)8(13)6-5-7(9)11-10-6/h5H,3-4H2,1-2H3,(H3,9,10,11). The second-order valence-corrected chi connectivity index (χ2v) is 2.93. The van der Waals surface area contributed by atoms with Crippen molar-refractivity contribution in [1.82, 2.24) is 15.1 Å². The van der Waals surface area contributed by atoms with Gasteiger partial charge in [-0.05, 0) is 0 Å². The van der Waals surface area contributed by atoms with E-state index in [1.165, 1.54) is 11.0 Å². The number of nitrogens with one attached hydrogen (secondary N) is 1. The molecule has 1 aromatic rings. The van der Waals surface area contributed by atoms with Crippen LogP contribution in [0.5, 0.6) is 0 Å². The summed E-state index contributed by atoms with van der Waals surface area (Å²) in [4.78, 5) is 13.1. The van der Waals surface area contributed by atoms with Crippen LogP contribution in [-0.4, -0.2) is 48.3 Å². The predicted octanol–water partition coefficient (Wildman–Crippen LogP) is -0.290. The van der Waals surface area contributed by atoms with Crippen molar-refractivity contribution in [2.24, 2.45) is 0 Å². The highest BCUT2D eigenvalue weighted by molar-refractivity contribution is 5.92. The fraction of sp³-hybridized carbons (Fsp3) is 0.500. The summed E-state index contributed by atoms with van der Waals surface area (Å²) in [6, 6.07) is 1.51. The van der Waals surface area contributed by atoms with Crippen LogP contribution in [0.4, 0.5) is 5.82 Å². The molecule has 1 amide bonds. The Morgan fingerprint density at radius 3 is 3.00 bits per heavy atom. The van der Waals surface area contributed by atoms with Gasteiger partial charge in [-0.2, -0.15) is 5.10 Å². The van der Waals surface area contributed by atoms with Gasteiger partial charge in [0.1, 0.15) is 11.5 Å². The molecule has 0 saturated heterocycles. The van der Waals surface area contributed by atoms with Gasteiger partial charge in [0.15, 0.2) is 0 Å². The van der Waals surface area contributed by atoms with E-state index in [1.54, 1.807) is 14.2 Å². The topological polar surface area (TPSA) is 84.2 Å². The SMILES string of the molecule is COCCN(C)C(=O)c1cc(N)n[nH]1. The molecule has 1 aromatic heterocycles. The maximum atomic E-state index is 11.6. The van der Waals surface area contributed by atoms with E-state index in [-0.39, 0.29) is 5.91 Å². The van der Waals surface area contributed by atoms with Crippen molar-refractivity contribution in [3.8, 4) is 0 Å². The Labute approximate surface area is 82.0 Å². The summed E-state index contributed by atoms with van der Waals surface area (Å²) in [6.07, 6.45) is 0. The number of aromatic nitrogens is 2. The van der Waals surface area contributed by atoms with Gasteiger partial charge in [-0.3, -0.25) is 9.89 Å². The van der Waals surface area contributed by atoms with Crippen LogP contribution in [0.1, 0.15) is 10.5 Å². The summed E-state index contributed by atoms with van der Waals surface area (Å²) in [7, 11) is 3.28. The molecule has 0 radical (unpaired) electrons. The largest absolute Gasteiger partial charge is 0.383 e. The van der Waals surface area contributed by atoms with Crippen molar-refractivity contribution in [2.75, 3.05) is 33.0 Å². The Morgan fingerprint density at radius 1 is 1.79 bits per heavy atom. The number of amides is 1. The van der Waals surface area contributed by atoms with Crippen molar-refractivity contribution in [1.29, 1.82) is 0 Å². The van der Waals surface area contributed by atoms with Gasteiger partial charge in [-0.1, -0.05) is 0 Å². The summed E-state index contributed by atoms with van der Waals surface area (Å²) < 4.78 is 4.86. The van der Waals surface area contributed by atoms with Crippen LogP contribution in [-0.2, 0) is 4.74 Å². The van der Waals surface area contributed by atoms with Gasteiger partial charge in [0, 0.05) is 26.8 Å². The van der Waals surface area contributed by atoms with Crippen LogP contribution in [0.15, 0.2) is 6.07 Å². The normalized spacial score (nSPS) is 10.1. The molecule has 0 saturated carbocycles. The third-order valence-corrected chi connectivity index (χ3v) is 1.81. The molecular formula is C8H14N4O2. The highest BCUT2D eigenvalue weighted by Gasteiger charge is 2.13. The van der Waals surface area contributed by atoms with E-state index in [4.69, 9.17) is 10.5 Å². The maximum Gasteiger partial charge on any atom is 0.271 e. The van der Waals surface area contributed by atoms with E-state index >= 15 is 0 Å². The number of aromatic amines is 1. The summed E-state index contributed by atoms with van der Waals surface area (Å²) in [5, 5.41) is 6.23. The number of anilines is 1. The number of rotatable bonds is 4. The number of nitrogen functional groups attached to an aromatic ring is 1. The molecule has 6 heteroatoms. The molecule has 3 N–H and O–H groups in total. The summed E-state index contributed by atoms with van der Waals surface area (Å²) in [6.45, 7) is 1.04. The second-order valence-electron chi connectivity index (χ2n) is 2.93. The first-order valence-corrected chi connectivity index (χ1v) is 4.20.